The summed E-state index contributed by atoms with van der Waals surface area (Å²) >= 11 is 0. The lowest BCUT2D eigenvalue weighted by Gasteiger charge is -2.33. The second kappa shape index (κ2) is 8.74. The molecule has 2 heterocycles. The number of nitrogens with zero attached hydrogens (tertiary/aromatic N) is 2. The number of unbranched alkanes of at least 4 members (excludes halogenated alkanes) is 1. The first-order valence-corrected chi connectivity index (χ1v) is 10.4. The summed E-state index contributed by atoms with van der Waals surface area (Å²) in [6.45, 7) is 4.11. The van der Waals surface area contributed by atoms with E-state index in [-0.39, 0.29) is 24.2 Å². The molecule has 148 valence electrons. The zero-order valence-corrected chi connectivity index (χ0v) is 16.9. The molecule has 2 fully saturated rings. The summed E-state index contributed by atoms with van der Waals surface area (Å²) in [5.41, 5.74) is 1.80. The fourth-order valence-corrected chi connectivity index (χ4v) is 5.14. The third-order valence-corrected chi connectivity index (χ3v) is 6.55. The van der Waals surface area contributed by atoms with Gasteiger partial charge in [-0.05, 0) is 75.7 Å². The molecule has 27 heavy (non-hydrogen) atoms. The molecule has 4 nitrogen and oxygen atoms in total. The highest BCUT2D eigenvalue weighted by atomic mass is 35.5. The third-order valence-electron chi connectivity index (χ3n) is 6.55. The molecule has 0 bridgehead atoms. The van der Waals surface area contributed by atoms with Crippen LogP contribution in [-0.2, 0) is 21.4 Å². The molecule has 2 amide bonds. The molecule has 2 aliphatic heterocycles. The third kappa shape index (κ3) is 3.93. The van der Waals surface area contributed by atoms with E-state index < -0.39 is 5.41 Å². The maximum absolute atomic E-state index is 13.2. The summed E-state index contributed by atoms with van der Waals surface area (Å²) in [5.74, 6) is 0.0947. The quantitative estimate of drug-likeness (QED) is 0.568. The number of piperidine rings is 1. The molecule has 1 unspecified atom stereocenters. The number of carbonyl (C=O) groups is 2. The number of hydrogen-bond donors (Lipinski definition) is 0. The number of hydrogen-bond acceptors (Lipinski definition) is 3. The van der Waals surface area contributed by atoms with Crippen molar-refractivity contribution in [2.75, 3.05) is 26.2 Å². The lowest BCUT2D eigenvalue weighted by Crippen LogP contribution is -2.41. The molecule has 1 aromatic carbocycles. The predicted octanol–water partition coefficient (Wildman–Crippen LogP) is 3.71. The standard InChI is InChI=1S/C22H30N2O2.ClH/c25-20-17-22(12-8-10-18-9-2-3-11-19(18)22)21(26)24(20)16-7-6-15-23-13-4-1-5-14-23;/h2-3,9,11H,1,4-8,10,12-17H2;1H. The maximum atomic E-state index is 13.2. The lowest BCUT2D eigenvalue weighted by molar-refractivity contribution is -0.140. The Bertz CT molecular complexity index is 687. The van der Waals surface area contributed by atoms with Gasteiger partial charge in [0.05, 0.1) is 5.41 Å². The molecule has 4 rings (SSSR count). The van der Waals surface area contributed by atoms with Gasteiger partial charge in [-0.25, -0.2) is 0 Å². The zero-order valence-electron chi connectivity index (χ0n) is 16.1. The van der Waals surface area contributed by atoms with Crippen LogP contribution < -0.4 is 0 Å². The largest absolute Gasteiger partial charge is 0.303 e. The Hall–Kier alpha value is -1.39. The van der Waals surface area contributed by atoms with Crippen LogP contribution in [0.15, 0.2) is 24.3 Å². The average Bonchev–Trinajstić information content (AvgIpc) is 2.91. The van der Waals surface area contributed by atoms with E-state index in [2.05, 4.69) is 17.0 Å². The maximum Gasteiger partial charge on any atom is 0.240 e. The molecule has 1 aliphatic carbocycles. The van der Waals surface area contributed by atoms with Crippen molar-refractivity contribution in [2.45, 2.75) is 63.2 Å². The van der Waals surface area contributed by atoms with Crippen LogP contribution in [0.1, 0.15) is 62.5 Å². The number of aryl methyl sites for hydroxylation is 1. The Morgan fingerprint density at radius 2 is 1.67 bits per heavy atom. The minimum Gasteiger partial charge on any atom is -0.303 e. The Kier molecular flexibility index (Phi) is 6.59. The van der Waals surface area contributed by atoms with Gasteiger partial charge in [0, 0.05) is 13.0 Å². The molecule has 0 aromatic heterocycles. The number of imide groups is 1. The molecule has 2 saturated heterocycles. The van der Waals surface area contributed by atoms with Gasteiger partial charge in [-0.1, -0.05) is 30.7 Å². The smallest absolute Gasteiger partial charge is 0.240 e. The highest BCUT2D eigenvalue weighted by Gasteiger charge is 2.53. The molecule has 0 radical (unpaired) electrons. The van der Waals surface area contributed by atoms with E-state index in [0.29, 0.717) is 13.0 Å². The van der Waals surface area contributed by atoms with Crippen LogP contribution in [0.2, 0.25) is 0 Å². The Morgan fingerprint density at radius 1 is 0.926 bits per heavy atom. The van der Waals surface area contributed by atoms with Gasteiger partial charge in [0.2, 0.25) is 11.8 Å². The number of carbonyl (C=O) groups excluding carboxylic acids is 2. The molecule has 5 heteroatoms. The number of rotatable bonds is 5. The molecular weight excluding hydrogens is 360 g/mol. The van der Waals surface area contributed by atoms with Crippen molar-refractivity contribution in [3.63, 3.8) is 0 Å². The van der Waals surface area contributed by atoms with E-state index in [1.807, 2.05) is 12.1 Å². The molecule has 1 atom stereocenters. The molecule has 3 aliphatic rings. The number of halogens is 1. The summed E-state index contributed by atoms with van der Waals surface area (Å²) in [6.07, 6.45) is 9.18. The number of amides is 2. The van der Waals surface area contributed by atoms with Crippen LogP contribution >= 0.6 is 12.4 Å². The second-order valence-electron chi connectivity index (χ2n) is 8.23. The van der Waals surface area contributed by atoms with Gasteiger partial charge in [-0.2, -0.15) is 0 Å². The Morgan fingerprint density at radius 3 is 2.48 bits per heavy atom. The highest BCUT2D eigenvalue weighted by Crippen LogP contribution is 2.45. The average molecular weight is 391 g/mol. The topological polar surface area (TPSA) is 40.6 Å². The fourth-order valence-electron chi connectivity index (χ4n) is 5.14. The normalized spacial score (nSPS) is 25.6. The van der Waals surface area contributed by atoms with Crippen LogP contribution in [0.25, 0.3) is 0 Å². The van der Waals surface area contributed by atoms with Crippen LogP contribution in [-0.4, -0.2) is 47.8 Å². The molecule has 0 N–H and O–H groups in total. The van der Waals surface area contributed by atoms with Crippen LogP contribution in [0.5, 0.6) is 0 Å². The molecular formula is C22H31ClN2O2. The predicted molar refractivity (Wildman–Crippen MR) is 109 cm³/mol. The van der Waals surface area contributed by atoms with Crippen LogP contribution in [0.3, 0.4) is 0 Å². The molecule has 1 aromatic rings. The van der Waals surface area contributed by atoms with E-state index in [0.717, 1.165) is 44.2 Å². The first-order valence-electron chi connectivity index (χ1n) is 10.4. The number of benzene rings is 1. The van der Waals surface area contributed by atoms with E-state index >= 15 is 0 Å². The van der Waals surface area contributed by atoms with Crippen LogP contribution in [0, 0.1) is 0 Å². The van der Waals surface area contributed by atoms with Crippen molar-refractivity contribution in [2.24, 2.45) is 0 Å². The summed E-state index contributed by atoms with van der Waals surface area (Å²) in [4.78, 5) is 30.0. The van der Waals surface area contributed by atoms with Gasteiger partial charge in [-0.3, -0.25) is 14.5 Å². The van der Waals surface area contributed by atoms with Crippen molar-refractivity contribution >= 4 is 24.2 Å². The van der Waals surface area contributed by atoms with Gasteiger partial charge < -0.3 is 4.90 Å². The first kappa shape index (κ1) is 20.3. The number of fused-ring (bicyclic) bond motifs is 2. The Labute approximate surface area is 168 Å². The summed E-state index contributed by atoms with van der Waals surface area (Å²) < 4.78 is 0. The minimum atomic E-state index is -0.571. The summed E-state index contributed by atoms with van der Waals surface area (Å²) in [5, 5.41) is 0. The zero-order chi connectivity index (χ0) is 18.0. The van der Waals surface area contributed by atoms with Crippen molar-refractivity contribution in [1.29, 1.82) is 0 Å². The van der Waals surface area contributed by atoms with Crippen molar-refractivity contribution in [1.82, 2.24) is 9.80 Å². The highest BCUT2D eigenvalue weighted by molar-refractivity contribution is 6.09. The SMILES string of the molecule is Cl.O=C1CC2(CCCc3ccccc32)C(=O)N1CCCCN1CCCCC1. The minimum absolute atomic E-state index is 0. The van der Waals surface area contributed by atoms with Gasteiger partial charge in [0.25, 0.3) is 0 Å². The van der Waals surface area contributed by atoms with E-state index in [4.69, 9.17) is 0 Å². The van der Waals surface area contributed by atoms with Crippen molar-refractivity contribution < 1.29 is 9.59 Å². The monoisotopic (exact) mass is 390 g/mol. The molecule has 0 saturated carbocycles. The van der Waals surface area contributed by atoms with Crippen LogP contribution in [0.4, 0.5) is 0 Å². The summed E-state index contributed by atoms with van der Waals surface area (Å²) in [7, 11) is 0. The fraction of sp³-hybridized carbons (Fsp3) is 0.636. The first-order chi connectivity index (χ1) is 12.7. The summed E-state index contributed by atoms with van der Waals surface area (Å²) in [6, 6.07) is 8.23. The second-order valence-corrected chi connectivity index (χ2v) is 8.23. The Balaban J connectivity index is 0.00000210. The van der Waals surface area contributed by atoms with E-state index in [1.54, 1.807) is 4.90 Å². The van der Waals surface area contributed by atoms with Gasteiger partial charge >= 0.3 is 0 Å². The number of likely N-dealkylation sites (tertiary alicyclic amines) is 2. The lowest BCUT2D eigenvalue weighted by atomic mass is 9.69. The van der Waals surface area contributed by atoms with Crippen molar-refractivity contribution in [3.05, 3.63) is 35.4 Å². The molecule has 1 spiro atoms. The van der Waals surface area contributed by atoms with Gasteiger partial charge in [-0.15, -0.1) is 12.4 Å². The van der Waals surface area contributed by atoms with E-state index in [9.17, 15) is 9.59 Å². The van der Waals surface area contributed by atoms with Gasteiger partial charge in [0.15, 0.2) is 0 Å². The van der Waals surface area contributed by atoms with E-state index in [1.165, 1.54) is 37.9 Å². The van der Waals surface area contributed by atoms with Crippen molar-refractivity contribution in [3.8, 4) is 0 Å². The van der Waals surface area contributed by atoms with Gasteiger partial charge in [0.1, 0.15) is 0 Å².